The monoisotopic (exact) mass is 335 g/mol. The number of nitrogens with one attached hydrogen (secondary N) is 1. The highest BCUT2D eigenvalue weighted by Gasteiger charge is 2.25. The summed E-state index contributed by atoms with van der Waals surface area (Å²) >= 11 is 5.82. The van der Waals surface area contributed by atoms with Gasteiger partial charge in [0, 0.05) is 19.6 Å². The summed E-state index contributed by atoms with van der Waals surface area (Å²) in [6.07, 6.45) is 0.776. The van der Waals surface area contributed by atoms with E-state index in [4.69, 9.17) is 16.9 Å². The SMILES string of the molecule is Cl.N#Cc1cc(S(=O)(=O)N2CCCNCC2)ccc1Cl. The number of halogens is 2. The van der Waals surface area contributed by atoms with Crippen LogP contribution in [0.2, 0.25) is 5.02 Å². The Balaban J connectivity index is 0.00000200. The fourth-order valence-corrected chi connectivity index (χ4v) is 3.63. The normalized spacial score (nSPS) is 16.8. The molecule has 0 atom stereocenters. The summed E-state index contributed by atoms with van der Waals surface area (Å²) in [7, 11) is -3.55. The molecule has 2 rings (SSSR count). The molecule has 1 aromatic rings. The van der Waals surface area contributed by atoms with Crippen molar-refractivity contribution in [2.45, 2.75) is 11.3 Å². The number of benzene rings is 1. The molecule has 0 bridgehead atoms. The Morgan fingerprint density at radius 2 is 2.05 bits per heavy atom. The molecule has 1 aliphatic heterocycles. The number of rotatable bonds is 2. The average molecular weight is 336 g/mol. The molecule has 0 aromatic heterocycles. The third kappa shape index (κ3) is 3.62. The van der Waals surface area contributed by atoms with Gasteiger partial charge in [0.2, 0.25) is 10.0 Å². The van der Waals surface area contributed by atoms with E-state index in [1.165, 1.54) is 22.5 Å². The highest BCUT2D eigenvalue weighted by Crippen LogP contribution is 2.22. The smallest absolute Gasteiger partial charge is 0.243 e. The van der Waals surface area contributed by atoms with Crippen LogP contribution in [0.25, 0.3) is 0 Å². The van der Waals surface area contributed by atoms with Crippen LogP contribution in [-0.2, 0) is 10.0 Å². The first-order chi connectivity index (χ1) is 9.05. The van der Waals surface area contributed by atoms with Crippen LogP contribution in [0.3, 0.4) is 0 Å². The van der Waals surface area contributed by atoms with Crippen molar-refractivity contribution in [1.29, 1.82) is 5.26 Å². The molecule has 20 heavy (non-hydrogen) atoms. The van der Waals surface area contributed by atoms with Gasteiger partial charge in [0.1, 0.15) is 6.07 Å². The third-order valence-corrected chi connectivity index (χ3v) is 5.22. The Morgan fingerprint density at radius 1 is 1.30 bits per heavy atom. The van der Waals surface area contributed by atoms with Crippen molar-refractivity contribution in [2.75, 3.05) is 26.2 Å². The molecule has 8 heteroatoms. The predicted molar refractivity (Wildman–Crippen MR) is 79.7 cm³/mol. The molecule has 0 saturated carbocycles. The van der Waals surface area contributed by atoms with Crippen molar-refractivity contribution in [3.8, 4) is 6.07 Å². The van der Waals surface area contributed by atoms with E-state index in [-0.39, 0.29) is 27.9 Å². The molecule has 0 aliphatic carbocycles. The first-order valence-electron chi connectivity index (χ1n) is 5.96. The number of nitrogens with zero attached hydrogens (tertiary/aromatic N) is 2. The minimum atomic E-state index is -3.55. The lowest BCUT2D eigenvalue weighted by Gasteiger charge is -2.19. The van der Waals surface area contributed by atoms with Crippen LogP contribution in [0.1, 0.15) is 12.0 Å². The molecule has 1 aliphatic rings. The summed E-state index contributed by atoms with van der Waals surface area (Å²) in [5.74, 6) is 0. The van der Waals surface area contributed by atoms with Gasteiger partial charge in [-0.2, -0.15) is 9.57 Å². The summed E-state index contributed by atoms with van der Waals surface area (Å²) < 4.78 is 26.4. The molecule has 0 amide bonds. The quantitative estimate of drug-likeness (QED) is 0.891. The lowest BCUT2D eigenvalue weighted by atomic mass is 10.2. The highest BCUT2D eigenvalue weighted by molar-refractivity contribution is 7.89. The standard InChI is InChI=1S/C12H14ClN3O2S.ClH/c13-12-3-2-11(8-10(12)9-14)19(17,18)16-6-1-4-15-5-7-16;/h2-3,8,15H,1,4-7H2;1H. The third-order valence-electron chi connectivity index (χ3n) is 3.00. The molecule has 0 spiro atoms. The van der Waals surface area contributed by atoms with Crippen LogP contribution in [-0.4, -0.2) is 38.9 Å². The van der Waals surface area contributed by atoms with Crippen molar-refractivity contribution in [2.24, 2.45) is 0 Å². The second kappa shape index (κ2) is 7.25. The topological polar surface area (TPSA) is 73.2 Å². The van der Waals surface area contributed by atoms with E-state index in [1.807, 2.05) is 6.07 Å². The zero-order valence-corrected chi connectivity index (χ0v) is 13.1. The van der Waals surface area contributed by atoms with E-state index in [9.17, 15) is 8.42 Å². The van der Waals surface area contributed by atoms with Gasteiger partial charge >= 0.3 is 0 Å². The maximum Gasteiger partial charge on any atom is 0.243 e. The number of hydrogen-bond acceptors (Lipinski definition) is 4. The molecule has 1 saturated heterocycles. The van der Waals surface area contributed by atoms with Crippen molar-refractivity contribution in [1.82, 2.24) is 9.62 Å². The Morgan fingerprint density at radius 3 is 2.75 bits per heavy atom. The van der Waals surface area contributed by atoms with Gasteiger partial charge in [0.05, 0.1) is 15.5 Å². The maximum absolute atomic E-state index is 12.5. The molecule has 5 nitrogen and oxygen atoms in total. The summed E-state index contributed by atoms with van der Waals surface area (Å²) in [6.45, 7) is 2.38. The average Bonchev–Trinajstić information content (AvgIpc) is 2.68. The van der Waals surface area contributed by atoms with Crippen molar-refractivity contribution in [3.63, 3.8) is 0 Å². The van der Waals surface area contributed by atoms with E-state index in [0.717, 1.165) is 13.0 Å². The zero-order chi connectivity index (χ0) is 13.9. The molecule has 1 heterocycles. The molecule has 0 radical (unpaired) electrons. The molecule has 110 valence electrons. The summed E-state index contributed by atoms with van der Waals surface area (Å²) in [4.78, 5) is 0.121. The second-order valence-electron chi connectivity index (χ2n) is 4.26. The van der Waals surface area contributed by atoms with E-state index in [0.29, 0.717) is 19.6 Å². The lowest BCUT2D eigenvalue weighted by molar-refractivity contribution is 0.432. The first-order valence-corrected chi connectivity index (χ1v) is 7.78. The number of nitriles is 1. The largest absolute Gasteiger partial charge is 0.315 e. The molecule has 1 N–H and O–H groups in total. The molecule has 0 unspecified atom stereocenters. The van der Waals surface area contributed by atoms with E-state index >= 15 is 0 Å². The molecular formula is C12H15Cl2N3O2S. The van der Waals surface area contributed by atoms with E-state index in [1.54, 1.807) is 0 Å². The Hall–Kier alpha value is -0.840. The van der Waals surface area contributed by atoms with Gasteiger partial charge in [0.15, 0.2) is 0 Å². The van der Waals surface area contributed by atoms with Crippen LogP contribution in [0, 0.1) is 11.3 Å². The lowest BCUT2D eigenvalue weighted by Crippen LogP contribution is -2.34. The van der Waals surface area contributed by atoms with Crippen molar-refractivity contribution >= 4 is 34.0 Å². The van der Waals surface area contributed by atoms with Crippen molar-refractivity contribution < 1.29 is 8.42 Å². The Bertz CT molecular complexity index is 606. The Kier molecular flexibility index (Phi) is 6.24. The van der Waals surface area contributed by atoms with Gasteiger partial charge in [-0.05, 0) is 31.2 Å². The summed E-state index contributed by atoms with van der Waals surface area (Å²) in [6, 6.07) is 6.11. The van der Waals surface area contributed by atoms with Crippen LogP contribution < -0.4 is 5.32 Å². The summed E-state index contributed by atoms with van der Waals surface area (Å²) in [5.41, 5.74) is 0.177. The van der Waals surface area contributed by atoms with Crippen LogP contribution in [0.15, 0.2) is 23.1 Å². The van der Waals surface area contributed by atoms with Crippen LogP contribution in [0.5, 0.6) is 0 Å². The first kappa shape index (κ1) is 17.2. The van der Waals surface area contributed by atoms with Gasteiger partial charge in [-0.3, -0.25) is 0 Å². The van der Waals surface area contributed by atoms with Crippen molar-refractivity contribution in [3.05, 3.63) is 28.8 Å². The van der Waals surface area contributed by atoms with E-state index in [2.05, 4.69) is 5.32 Å². The molecular weight excluding hydrogens is 321 g/mol. The molecule has 1 aromatic carbocycles. The van der Waals surface area contributed by atoms with Crippen LogP contribution >= 0.6 is 24.0 Å². The number of sulfonamides is 1. The Labute approximate surface area is 130 Å². The fourth-order valence-electron chi connectivity index (χ4n) is 1.96. The summed E-state index contributed by atoms with van der Waals surface area (Å²) in [5, 5.41) is 12.3. The van der Waals surface area contributed by atoms with Gasteiger partial charge in [-0.1, -0.05) is 11.6 Å². The van der Waals surface area contributed by atoms with Gasteiger partial charge < -0.3 is 5.32 Å². The fraction of sp³-hybridized carbons (Fsp3) is 0.417. The van der Waals surface area contributed by atoms with Crippen LogP contribution in [0.4, 0.5) is 0 Å². The van der Waals surface area contributed by atoms with Gasteiger partial charge in [-0.15, -0.1) is 12.4 Å². The number of hydrogen-bond donors (Lipinski definition) is 1. The zero-order valence-electron chi connectivity index (χ0n) is 10.7. The van der Waals surface area contributed by atoms with Gasteiger partial charge in [-0.25, -0.2) is 8.42 Å². The minimum Gasteiger partial charge on any atom is -0.315 e. The predicted octanol–water partition coefficient (Wildman–Crippen LogP) is 1.62. The molecule has 1 fully saturated rings. The highest BCUT2D eigenvalue weighted by atomic mass is 35.5. The van der Waals surface area contributed by atoms with Gasteiger partial charge in [0.25, 0.3) is 0 Å². The maximum atomic E-state index is 12.5. The minimum absolute atomic E-state index is 0. The van der Waals surface area contributed by atoms with E-state index < -0.39 is 10.0 Å². The second-order valence-corrected chi connectivity index (χ2v) is 6.61.